The quantitative estimate of drug-likeness (QED) is 0.595. The Labute approximate surface area is 63.8 Å². The van der Waals surface area contributed by atoms with E-state index in [1.165, 1.54) is 0 Å². The zero-order chi connectivity index (χ0) is 7.07. The van der Waals surface area contributed by atoms with Gasteiger partial charge in [-0.25, -0.2) is 4.39 Å². The van der Waals surface area contributed by atoms with Crippen LogP contribution in [0.25, 0.3) is 0 Å². The van der Waals surface area contributed by atoms with Gasteiger partial charge in [0.2, 0.25) is 0 Å². The standard InChI is InChI=1S/C5H8FNO2.ClH/c6-3-1-5(7,2-3)4(8)9;/h3H,1-2,7H2,(H,8,9);1H. The van der Waals surface area contributed by atoms with Gasteiger partial charge in [-0.2, -0.15) is 0 Å². The maximum atomic E-state index is 12.0. The van der Waals surface area contributed by atoms with Crippen LogP contribution in [-0.2, 0) is 4.79 Å². The van der Waals surface area contributed by atoms with Crippen molar-refractivity contribution in [2.45, 2.75) is 24.6 Å². The van der Waals surface area contributed by atoms with Crippen LogP contribution in [0.1, 0.15) is 12.8 Å². The molecule has 1 aliphatic carbocycles. The van der Waals surface area contributed by atoms with Crippen molar-refractivity contribution < 1.29 is 14.3 Å². The monoisotopic (exact) mass is 169 g/mol. The molecular weight excluding hydrogens is 161 g/mol. The molecule has 0 radical (unpaired) electrons. The van der Waals surface area contributed by atoms with Gasteiger partial charge in [0, 0.05) is 12.8 Å². The highest BCUT2D eigenvalue weighted by molar-refractivity contribution is 5.85. The Balaban J connectivity index is 0.000000810. The molecule has 5 heteroatoms. The minimum atomic E-state index is -1.26. The maximum absolute atomic E-state index is 12.0. The molecule has 0 aliphatic heterocycles. The summed E-state index contributed by atoms with van der Waals surface area (Å²) in [6, 6.07) is 0. The lowest BCUT2D eigenvalue weighted by Gasteiger charge is -2.36. The Bertz CT molecular complexity index is 147. The van der Waals surface area contributed by atoms with Gasteiger partial charge in [-0.15, -0.1) is 12.4 Å². The average molecular weight is 170 g/mol. The summed E-state index contributed by atoms with van der Waals surface area (Å²) in [4.78, 5) is 10.2. The molecule has 0 saturated heterocycles. The van der Waals surface area contributed by atoms with Crippen molar-refractivity contribution >= 4 is 18.4 Å². The number of rotatable bonds is 1. The lowest BCUT2D eigenvalue weighted by atomic mass is 9.76. The first-order chi connectivity index (χ1) is 4.04. The van der Waals surface area contributed by atoms with Crippen molar-refractivity contribution in [1.82, 2.24) is 0 Å². The third-order valence-corrected chi connectivity index (χ3v) is 1.60. The molecule has 1 aliphatic rings. The molecule has 0 spiro atoms. The van der Waals surface area contributed by atoms with Gasteiger partial charge >= 0.3 is 5.97 Å². The first-order valence-electron chi connectivity index (χ1n) is 2.71. The van der Waals surface area contributed by atoms with Crippen LogP contribution >= 0.6 is 12.4 Å². The number of halogens is 2. The second-order valence-corrected chi connectivity index (χ2v) is 2.47. The van der Waals surface area contributed by atoms with Crippen LogP contribution in [0.4, 0.5) is 4.39 Å². The highest BCUT2D eigenvalue weighted by Crippen LogP contribution is 2.32. The lowest BCUT2D eigenvalue weighted by Crippen LogP contribution is -2.58. The summed E-state index contributed by atoms with van der Waals surface area (Å²) in [6.45, 7) is 0. The molecule has 3 nitrogen and oxygen atoms in total. The number of alkyl halides is 1. The van der Waals surface area contributed by atoms with Gasteiger partial charge in [-0.3, -0.25) is 4.79 Å². The fourth-order valence-electron chi connectivity index (χ4n) is 0.905. The third kappa shape index (κ3) is 1.38. The highest BCUT2D eigenvalue weighted by atomic mass is 35.5. The molecule has 0 amide bonds. The molecule has 0 aromatic carbocycles. The number of hydrogen-bond acceptors (Lipinski definition) is 2. The Morgan fingerprint density at radius 2 is 2.10 bits per heavy atom. The highest BCUT2D eigenvalue weighted by Gasteiger charge is 2.47. The smallest absolute Gasteiger partial charge is 0.323 e. The molecule has 0 aromatic heterocycles. The molecule has 3 N–H and O–H groups in total. The maximum Gasteiger partial charge on any atom is 0.323 e. The van der Waals surface area contributed by atoms with Crippen molar-refractivity contribution in [2.24, 2.45) is 5.73 Å². The van der Waals surface area contributed by atoms with Crippen LogP contribution in [0.2, 0.25) is 0 Å². The summed E-state index contributed by atoms with van der Waals surface area (Å²) in [5.41, 5.74) is 3.93. The van der Waals surface area contributed by atoms with E-state index in [1.807, 2.05) is 0 Å². The summed E-state index contributed by atoms with van der Waals surface area (Å²) in [6.07, 6.45) is -1.09. The molecule has 0 unspecified atom stereocenters. The van der Waals surface area contributed by atoms with Crippen molar-refractivity contribution in [3.8, 4) is 0 Å². The van der Waals surface area contributed by atoms with Gasteiger partial charge in [0.25, 0.3) is 0 Å². The second-order valence-electron chi connectivity index (χ2n) is 2.47. The van der Waals surface area contributed by atoms with Gasteiger partial charge in [-0.1, -0.05) is 0 Å². The van der Waals surface area contributed by atoms with Crippen LogP contribution in [0.3, 0.4) is 0 Å². The summed E-state index contributed by atoms with van der Waals surface area (Å²) in [5, 5.41) is 8.32. The van der Waals surface area contributed by atoms with E-state index in [0.29, 0.717) is 0 Å². The molecule has 0 heterocycles. The normalized spacial score (nSPS) is 37.6. The second kappa shape index (κ2) is 2.72. The van der Waals surface area contributed by atoms with E-state index in [2.05, 4.69) is 0 Å². The minimum Gasteiger partial charge on any atom is -0.480 e. The SMILES string of the molecule is Cl.NC1(C(=O)O)CC(F)C1. The van der Waals surface area contributed by atoms with E-state index >= 15 is 0 Å². The Hall–Kier alpha value is -0.350. The predicted octanol–water partition coefficient (Wildman–Crippen LogP) is 0.322. The summed E-state index contributed by atoms with van der Waals surface area (Å²) < 4.78 is 12.0. The van der Waals surface area contributed by atoms with Crippen molar-refractivity contribution in [1.29, 1.82) is 0 Å². The molecule has 1 fully saturated rings. The number of hydrogen-bond donors (Lipinski definition) is 2. The van der Waals surface area contributed by atoms with Gasteiger partial charge in [0.1, 0.15) is 11.7 Å². The number of nitrogens with two attached hydrogens (primary N) is 1. The van der Waals surface area contributed by atoms with Gasteiger partial charge < -0.3 is 10.8 Å². The van der Waals surface area contributed by atoms with Crippen molar-refractivity contribution in [3.05, 3.63) is 0 Å². The average Bonchev–Trinajstić information content (AvgIpc) is 1.62. The van der Waals surface area contributed by atoms with Crippen LogP contribution in [0, 0.1) is 0 Å². The molecule has 60 valence electrons. The van der Waals surface area contributed by atoms with Crippen LogP contribution in [0.15, 0.2) is 0 Å². The van der Waals surface area contributed by atoms with E-state index in [-0.39, 0.29) is 25.2 Å². The van der Waals surface area contributed by atoms with Crippen LogP contribution in [-0.4, -0.2) is 22.8 Å². The van der Waals surface area contributed by atoms with Crippen LogP contribution in [0.5, 0.6) is 0 Å². The lowest BCUT2D eigenvalue weighted by molar-refractivity contribution is -0.149. The van der Waals surface area contributed by atoms with E-state index in [1.54, 1.807) is 0 Å². The molecule has 0 bridgehead atoms. The fraction of sp³-hybridized carbons (Fsp3) is 0.800. The van der Waals surface area contributed by atoms with Gasteiger partial charge in [-0.05, 0) is 0 Å². The number of aliphatic carboxylic acids is 1. The zero-order valence-corrected chi connectivity index (χ0v) is 6.03. The summed E-state index contributed by atoms with van der Waals surface area (Å²) >= 11 is 0. The Kier molecular flexibility index (Phi) is 2.62. The largest absolute Gasteiger partial charge is 0.480 e. The number of carboxylic acids is 1. The topological polar surface area (TPSA) is 63.3 Å². The van der Waals surface area contributed by atoms with E-state index in [9.17, 15) is 9.18 Å². The fourth-order valence-corrected chi connectivity index (χ4v) is 0.905. The van der Waals surface area contributed by atoms with E-state index < -0.39 is 17.7 Å². The van der Waals surface area contributed by atoms with Crippen molar-refractivity contribution in [3.63, 3.8) is 0 Å². The Morgan fingerprint density at radius 1 is 1.70 bits per heavy atom. The summed E-state index contributed by atoms with van der Waals surface area (Å²) in [5.74, 6) is -1.10. The summed E-state index contributed by atoms with van der Waals surface area (Å²) in [7, 11) is 0. The molecule has 1 saturated carbocycles. The van der Waals surface area contributed by atoms with Crippen molar-refractivity contribution in [2.75, 3.05) is 0 Å². The van der Waals surface area contributed by atoms with E-state index in [0.717, 1.165) is 0 Å². The molecule has 10 heavy (non-hydrogen) atoms. The minimum absolute atomic E-state index is 0. The van der Waals surface area contributed by atoms with E-state index in [4.69, 9.17) is 10.8 Å². The zero-order valence-electron chi connectivity index (χ0n) is 5.21. The number of carboxylic acid groups (broad SMARTS) is 1. The van der Waals surface area contributed by atoms with Crippen LogP contribution < -0.4 is 5.73 Å². The molecule has 0 atom stereocenters. The molecular formula is C5H9ClFNO2. The molecule has 0 aromatic rings. The first kappa shape index (κ1) is 9.65. The predicted molar refractivity (Wildman–Crippen MR) is 35.9 cm³/mol. The molecule has 1 rings (SSSR count). The Morgan fingerprint density at radius 3 is 2.20 bits per heavy atom. The third-order valence-electron chi connectivity index (χ3n) is 1.60. The van der Waals surface area contributed by atoms with Gasteiger partial charge in [0.15, 0.2) is 0 Å². The first-order valence-corrected chi connectivity index (χ1v) is 2.71. The number of carbonyl (C=O) groups is 1. The van der Waals surface area contributed by atoms with Gasteiger partial charge in [0.05, 0.1) is 0 Å².